The molecule has 2 atom stereocenters. The fourth-order valence-corrected chi connectivity index (χ4v) is 3.69. The third kappa shape index (κ3) is 2.82. The quantitative estimate of drug-likeness (QED) is 0.830. The number of rotatable bonds is 3. The van der Waals surface area contributed by atoms with Gasteiger partial charge in [0.2, 0.25) is 10.0 Å². The van der Waals surface area contributed by atoms with E-state index in [0.29, 0.717) is 19.0 Å². The summed E-state index contributed by atoms with van der Waals surface area (Å²) in [5.41, 5.74) is 0.200. The van der Waals surface area contributed by atoms with Crippen molar-refractivity contribution in [2.75, 3.05) is 20.2 Å². The normalized spacial score (nSPS) is 24.2. The summed E-state index contributed by atoms with van der Waals surface area (Å²) in [6, 6.07) is 4.69. The molecule has 6 nitrogen and oxygen atoms in total. The summed E-state index contributed by atoms with van der Waals surface area (Å²) < 4.78 is 31.8. The first-order valence-corrected chi connectivity index (χ1v) is 7.82. The van der Waals surface area contributed by atoms with Gasteiger partial charge >= 0.3 is 0 Å². The summed E-state index contributed by atoms with van der Waals surface area (Å²) in [6.45, 7) is 2.88. The van der Waals surface area contributed by atoms with Gasteiger partial charge < -0.3 is 4.74 Å². The Morgan fingerprint density at radius 1 is 1.50 bits per heavy atom. The van der Waals surface area contributed by atoms with Gasteiger partial charge in [0.15, 0.2) is 0 Å². The van der Waals surface area contributed by atoms with Crippen LogP contribution in [0.3, 0.4) is 0 Å². The minimum absolute atomic E-state index is 0.0927. The largest absolute Gasteiger partial charge is 0.380 e. The van der Waals surface area contributed by atoms with Crippen LogP contribution in [0.15, 0.2) is 23.2 Å². The van der Waals surface area contributed by atoms with Gasteiger partial charge in [-0.05, 0) is 24.5 Å². The highest BCUT2D eigenvalue weighted by molar-refractivity contribution is 7.89. The van der Waals surface area contributed by atoms with Crippen LogP contribution in [0.1, 0.15) is 19.0 Å². The smallest absolute Gasteiger partial charge is 0.244 e. The van der Waals surface area contributed by atoms with E-state index in [0.717, 1.165) is 6.42 Å². The second-order valence-electron chi connectivity index (χ2n) is 4.89. The molecule has 0 amide bonds. The zero-order valence-corrected chi connectivity index (χ0v) is 12.3. The Kier molecular flexibility index (Phi) is 4.38. The molecule has 1 aromatic rings. The lowest BCUT2D eigenvalue weighted by Gasteiger charge is -2.35. The zero-order chi connectivity index (χ0) is 14.8. The van der Waals surface area contributed by atoms with Crippen LogP contribution in [0.25, 0.3) is 0 Å². The van der Waals surface area contributed by atoms with Crippen LogP contribution in [0.2, 0.25) is 0 Å². The second kappa shape index (κ2) is 5.87. The van der Waals surface area contributed by atoms with E-state index in [4.69, 9.17) is 10.00 Å². The highest BCUT2D eigenvalue weighted by Crippen LogP contribution is 2.24. The van der Waals surface area contributed by atoms with Crippen LogP contribution in [0, 0.1) is 17.2 Å². The molecule has 108 valence electrons. The van der Waals surface area contributed by atoms with E-state index in [1.807, 2.05) is 6.07 Å². The van der Waals surface area contributed by atoms with Gasteiger partial charge in [0.1, 0.15) is 16.7 Å². The Labute approximate surface area is 119 Å². The molecule has 2 heterocycles. The molecule has 1 saturated heterocycles. The number of pyridine rings is 1. The molecule has 0 spiro atoms. The Morgan fingerprint density at radius 3 is 2.80 bits per heavy atom. The zero-order valence-electron chi connectivity index (χ0n) is 11.5. The molecule has 7 heteroatoms. The van der Waals surface area contributed by atoms with Gasteiger partial charge in [-0.2, -0.15) is 9.57 Å². The summed E-state index contributed by atoms with van der Waals surface area (Å²) >= 11 is 0. The number of hydrogen-bond donors (Lipinski definition) is 0. The van der Waals surface area contributed by atoms with E-state index in [1.165, 1.54) is 22.6 Å². The molecule has 0 aromatic carbocycles. The summed E-state index contributed by atoms with van der Waals surface area (Å²) in [7, 11) is -1.97. The van der Waals surface area contributed by atoms with Crippen LogP contribution in [0.4, 0.5) is 0 Å². The Bertz CT molecular complexity index is 607. The SMILES string of the molecule is COC1CN(S(=O)(=O)c2ccc(C#N)nc2)CCC1C. The van der Waals surface area contributed by atoms with E-state index in [-0.39, 0.29) is 16.7 Å². The average molecular weight is 295 g/mol. The van der Waals surface area contributed by atoms with Crippen molar-refractivity contribution in [2.45, 2.75) is 24.3 Å². The molecule has 1 aliphatic heterocycles. The maximum Gasteiger partial charge on any atom is 0.244 e. The van der Waals surface area contributed by atoms with Gasteiger partial charge in [-0.15, -0.1) is 0 Å². The minimum atomic E-state index is -3.57. The van der Waals surface area contributed by atoms with Gasteiger partial charge in [-0.25, -0.2) is 13.4 Å². The molecule has 0 saturated carbocycles. The van der Waals surface area contributed by atoms with E-state index >= 15 is 0 Å². The number of hydrogen-bond acceptors (Lipinski definition) is 5. The summed E-state index contributed by atoms with van der Waals surface area (Å²) in [5.74, 6) is 0.338. The fourth-order valence-electron chi connectivity index (χ4n) is 2.28. The molecule has 20 heavy (non-hydrogen) atoms. The second-order valence-corrected chi connectivity index (χ2v) is 6.83. The summed E-state index contributed by atoms with van der Waals surface area (Å²) in [6.07, 6.45) is 1.90. The number of sulfonamides is 1. The Morgan fingerprint density at radius 2 is 2.25 bits per heavy atom. The van der Waals surface area contributed by atoms with Crippen molar-refractivity contribution >= 4 is 10.0 Å². The highest BCUT2D eigenvalue weighted by atomic mass is 32.2. The molecule has 1 aliphatic rings. The van der Waals surface area contributed by atoms with Crippen molar-refractivity contribution in [2.24, 2.45) is 5.92 Å². The monoisotopic (exact) mass is 295 g/mol. The van der Waals surface area contributed by atoms with Crippen LogP contribution >= 0.6 is 0 Å². The van der Waals surface area contributed by atoms with Crippen molar-refractivity contribution in [1.82, 2.24) is 9.29 Å². The number of nitriles is 1. The molecular formula is C13H17N3O3S. The summed E-state index contributed by atoms with van der Waals surface area (Å²) in [5, 5.41) is 8.69. The standard InChI is InChI=1S/C13H17N3O3S/c1-10-5-6-16(9-13(10)19-2)20(17,18)12-4-3-11(7-14)15-8-12/h3-4,8,10,13H,5-6,9H2,1-2H3. The lowest BCUT2D eigenvalue weighted by Crippen LogP contribution is -2.46. The predicted molar refractivity (Wildman–Crippen MR) is 72.3 cm³/mol. The van der Waals surface area contributed by atoms with Crippen molar-refractivity contribution in [1.29, 1.82) is 5.26 Å². The molecule has 0 bridgehead atoms. The third-order valence-corrected chi connectivity index (χ3v) is 5.49. The first-order chi connectivity index (χ1) is 9.48. The Balaban J connectivity index is 2.23. The first kappa shape index (κ1) is 14.9. The molecule has 0 radical (unpaired) electrons. The lowest BCUT2D eigenvalue weighted by molar-refractivity contribution is 0.0184. The van der Waals surface area contributed by atoms with Crippen LogP contribution in [0.5, 0.6) is 0 Å². The number of ether oxygens (including phenoxy) is 1. The maximum absolute atomic E-state index is 12.5. The number of methoxy groups -OCH3 is 1. The first-order valence-electron chi connectivity index (χ1n) is 6.38. The maximum atomic E-state index is 12.5. The number of nitrogens with zero attached hydrogens (tertiary/aromatic N) is 3. The fraction of sp³-hybridized carbons (Fsp3) is 0.538. The third-order valence-electron chi connectivity index (χ3n) is 3.64. The number of aromatic nitrogens is 1. The molecule has 2 unspecified atom stereocenters. The topological polar surface area (TPSA) is 83.3 Å². The van der Waals surface area contributed by atoms with Gasteiger partial charge in [-0.3, -0.25) is 0 Å². The van der Waals surface area contributed by atoms with Crippen molar-refractivity contribution in [3.05, 3.63) is 24.0 Å². The number of piperidine rings is 1. The van der Waals surface area contributed by atoms with Crippen molar-refractivity contribution < 1.29 is 13.2 Å². The van der Waals surface area contributed by atoms with Crippen molar-refractivity contribution in [3.63, 3.8) is 0 Å². The predicted octanol–water partition coefficient (Wildman–Crippen LogP) is 0.999. The summed E-state index contributed by atoms with van der Waals surface area (Å²) in [4.78, 5) is 3.93. The molecule has 0 aliphatic carbocycles. The Hall–Kier alpha value is -1.49. The van der Waals surface area contributed by atoms with Crippen LogP contribution in [-0.2, 0) is 14.8 Å². The molecule has 1 fully saturated rings. The molecule has 2 rings (SSSR count). The van der Waals surface area contributed by atoms with Gasteiger partial charge in [-0.1, -0.05) is 6.92 Å². The van der Waals surface area contributed by atoms with E-state index in [2.05, 4.69) is 11.9 Å². The minimum Gasteiger partial charge on any atom is -0.380 e. The van der Waals surface area contributed by atoms with Gasteiger partial charge in [0.25, 0.3) is 0 Å². The lowest BCUT2D eigenvalue weighted by atomic mass is 9.97. The highest BCUT2D eigenvalue weighted by Gasteiger charge is 2.33. The molecular weight excluding hydrogens is 278 g/mol. The van der Waals surface area contributed by atoms with E-state index < -0.39 is 10.0 Å². The van der Waals surface area contributed by atoms with E-state index in [9.17, 15) is 8.42 Å². The van der Waals surface area contributed by atoms with Gasteiger partial charge in [0.05, 0.1) is 6.10 Å². The van der Waals surface area contributed by atoms with Crippen molar-refractivity contribution in [3.8, 4) is 6.07 Å². The molecule has 1 aromatic heterocycles. The van der Waals surface area contributed by atoms with E-state index in [1.54, 1.807) is 7.11 Å². The van der Waals surface area contributed by atoms with Gasteiger partial charge in [0, 0.05) is 26.4 Å². The van der Waals surface area contributed by atoms with Crippen LogP contribution < -0.4 is 0 Å². The van der Waals surface area contributed by atoms with Crippen LogP contribution in [-0.4, -0.2) is 44.0 Å². The molecule has 0 N–H and O–H groups in total. The average Bonchev–Trinajstić information content (AvgIpc) is 2.47.